The number of nitrogens with one attached hydrogen (secondary N) is 2. The molecular weight excluding hydrogens is 419 g/mol. The van der Waals surface area contributed by atoms with Crippen LogP contribution in [-0.4, -0.2) is 24.5 Å². The van der Waals surface area contributed by atoms with Crippen LogP contribution in [0.3, 0.4) is 0 Å². The van der Waals surface area contributed by atoms with Crippen LogP contribution >= 0.6 is 35.3 Å². The highest BCUT2D eigenvalue weighted by atomic mass is 127. The maximum atomic E-state index is 4.35. The summed E-state index contributed by atoms with van der Waals surface area (Å²) >= 11 is 1.71. The molecule has 0 spiro atoms. The van der Waals surface area contributed by atoms with Gasteiger partial charge in [0.15, 0.2) is 5.96 Å². The molecule has 0 aliphatic rings. The molecule has 0 amide bonds. The first kappa shape index (κ1) is 19.9. The summed E-state index contributed by atoms with van der Waals surface area (Å²) in [5.74, 6) is 1.31. The first-order valence-corrected chi connectivity index (χ1v) is 8.45. The zero-order chi connectivity index (χ0) is 15.8. The molecule has 2 aromatic rings. The van der Waals surface area contributed by atoms with Crippen molar-refractivity contribution in [1.82, 2.24) is 15.6 Å². The van der Waals surface area contributed by atoms with Gasteiger partial charge in [-0.25, -0.2) is 4.98 Å². The standard InChI is InChI=1S/C17H24N4S.HI/c1-4-14(15-8-6-5-7-9-15)11-20-17(18-3)21-12-16-19-10-13(2)22-16;/h5-10,14H,4,11-12H2,1-3H3,(H2,18,20,21);1H. The van der Waals surface area contributed by atoms with Crippen molar-refractivity contribution >= 4 is 41.3 Å². The van der Waals surface area contributed by atoms with Crippen LogP contribution in [0.2, 0.25) is 0 Å². The van der Waals surface area contributed by atoms with Gasteiger partial charge in [0, 0.05) is 30.6 Å². The number of aliphatic imine (C=N–C) groups is 1. The Morgan fingerprint density at radius 1 is 1.26 bits per heavy atom. The van der Waals surface area contributed by atoms with E-state index in [2.05, 4.69) is 64.8 Å². The Kier molecular flexibility index (Phi) is 9.16. The molecule has 0 fully saturated rings. The number of aryl methyl sites for hydroxylation is 1. The van der Waals surface area contributed by atoms with Crippen molar-refractivity contribution in [2.45, 2.75) is 32.7 Å². The van der Waals surface area contributed by atoms with Crippen LogP contribution < -0.4 is 10.6 Å². The summed E-state index contributed by atoms with van der Waals surface area (Å²) in [4.78, 5) is 9.87. The first-order valence-electron chi connectivity index (χ1n) is 7.63. The highest BCUT2D eigenvalue weighted by Crippen LogP contribution is 2.17. The topological polar surface area (TPSA) is 49.3 Å². The summed E-state index contributed by atoms with van der Waals surface area (Å²) in [7, 11) is 1.80. The van der Waals surface area contributed by atoms with Gasteiger partial charge in [0.05, 0.1) is 6.54 Å². The lowest BCUT2D eigenvalue weighted by molar-refractivity contribution is 0.629. The molecule has 0 saturated carbocycles. The fraction of sp³-hybridized carbons (Fsp3) is 0.412. The van der Waals surface area contributed by atoms with Gasteiger partial charge in [-0.2, -0.15) is 0 Å². The molecule has 1 atom stereocenters. The van der Waals surface area contributed by atoms with E-state index in [0.29, 0.717) is 12.5 Å². The van der Waals surface area contributed by atoms with E-state index in [1.165, 1.54) is 10.4 Å². The number of benzene rings is 1. The number of rotatable bonds is 6. The van der Waals surface area contributed by atoms with Gasteiger partial charge in [0.1, 0.15) is 5.01 Å². The highest BCUT2D eigenvalue weighted by Gasteiger charge is 2.10. The molecule has 0 bridgehead atoms. The summed E-state index contributed by atoms with van der Waals surface area (Å²) < 4.78 is 0. The van der Waals surface area contributed by atoms with E-state index >= 15 is 0 Å². The molecule has 6 heteroatoms. The van der Waals surface area contributed by atoms with E-state index in [1.807, 2.05) is 6.20 Å². The third kappa shape index (κ3) is 6.47. The van der Waals surface area contributed by atoms with E-state index in [4.69, 9.17) is 0 Å². The molecular formula is C17H25IN4S. The number of nitrogens with zero attached hydrogens (tertiary/aromatic N) is 2. The number of thiazole rings is 1. The van der Waals surface area contributed by atoms with Gasteiger partial charge < -0.3 is 10.6 Å². The van der Waals surface area contributed by atoms with Crippen LogP contribution in [0.1, 0.15) is 34.7 Å². The average Bonchev–Trinajstić information content (AvgIpc) is 2.97. The summed E-state index contributed by atoms with van der Waals surface area (Å²) in [6.45, 7) is 5.87. The Labute approximate surface area is 159 Å². The molecule has 0 saturated heterocycles. The van der Waals surface area contributed by atoms with Gasteiger partial charge >= 0.3 is 0 Å². The van der Waals surface area contributed by atoms with Crippen LogP contribution in [0.25, 0.3) is 0 Å². The second-order valence-electron chi connectivity index (χ2n) is 5.19. The number of guanidine groups is 1. The van der Waals surface area contributed by atoms with E-state index < -0.39 is 0 Å². The van der Waals surface area contributed by atoms with Gasteiger partial charge in [-0.1, -0.05) is 37.3 Å². The molecule has 4 nitrogen and oxygen atoms in total. The molecule has 2 N–H and O–H groups in total. The number of halogens is 1. The van der Waals surface area contributed by atoms with Crippen LogP contribution in [0.15, 0.2) is 41.5 Å². The van der Waals surface area contributed by atoms with E-state index in [-0.39, 0.29) is 24.0 Å². The molecule has 126 valence electrons. The van der Waals surface area contributed by atoms with Crippen molar-refractivity contribution in [1.29, 1.82) is 0 Å². The highest BCUT2D eigenvalue weighted by molar-refractivity contribution is 14.0. The minimum absolute atomic E-state index is 0. The molecule has 1 unspecified atom stereocenters. The molecule has 0 radical (unpaired) electrons. The Morgan fingerprint density at radius 2 is 2.00 bits per heavy atom. The van der Waals surface area contributed by atoms with Gasteiger partial charge in [-0.15, -0.1) is 35.3 Å². The van der Waals surface area contributed by atoms with E-state index in [1.54, 1.807) is 18.4 Å². The maximum Gasteiger partial charge on any atom is 0.191 e. The summed E-state index contributed by atoms with van der Waals surface area (Å²) in [6, 6.07) is 10.6. The van der Waals surface area contributed by atoms with Crippen molar-refractivity contribution in [3.05, 3.63) is 52.0 Å². The molecule has 23 heavy (non-hydrogen) atoms. The summed E-state index contributed by atoms with van der Waals surface area (Å²) in [6.07, 6.45) is 3.00. The Hall–Kier alpha value is -1.15. The summed E-state index contributed by atoms with van der Waals surface area (Å²) in [5.41, 5.74) is 1.36. The van der Waals surface area contributed by atoms with Crippen LogP contribution in [0.5, 0.6) is 0 Å². The SMILES string of the molecule is CCC(CNC(=NC)NCc1ncc(C)s1)c1ccccc1.I. The van der Waals surface area contributed by atoms with Crippen molar-refractivity contribution in [3.8, 4) is 0 Å². The predicted octanol–water partition coefficient (Wildman–Crippen LogP) is 3.93. The van der Waals surface area contributed by atoms with Crippen LogP contribution in [0.4, 0.5) is 0 Å². The molecule has 1 aromatic carbocycles. The zero-order valence-electron chi connectivity index (χ0n) is 13.9. The first-order chi connectivity index (χ1) is 10.7. The fourth-order valence-electron chi connectivity index (χ4n) is 2.31. The monoisotopic (exact) mass is 444 g/mol. The third-order valence-corrected chi connectivity index (χ3v) is 4.49. The second-order valence-corrected chi connectivity index (χ2v) is 6.51. The van der Waals surface area contributed by atoms with Crippen molar-refractivity contribution in [2.75, 3.05) is 13.6 Å². The number of aromatic nitrogens is 1. The van der Waals surface area contributed by atoms with Gasteiger partial charge in [0.2, 0.25) is 0 Å². The van der Waals surface area contributed by atoms with Crippen LogP contribution in [-0.2, 0) is 6.54 Å². The molecule has 0 aliphatic heterocycles. The fourth-order valence-corrected chi connectivity index (χ4v) is 3.03. The molecule has 0 aliphatic carbocycles. The Morgan fingerprint density at radius 3 is 2.57 bits per heavy atom. The van der Waals surface area contributed by atoms with E-state index in [9.17, 15) is 0 Å². The van der Waals surface area contributed by atoms with Gasteiger partial charge in [-0.05, 0) is 18.9 Å². The zero-order valence-corrected chi connectivity index (χ0v) is 17.0. The van der Waals surface area contributed by atoms with Gasteiger partial charge in [0.25, 0.3) is 0 Å². The summed E-state index contributed by atoms with van der Waals surface area (Å²) in [5, 5.41) is 7.81. The quantitative estimate of drug-likeness (QED) is 0.403. The smallest absolute Gasteiger partial charge is 0.191 e. The van der Waals surface area contributed by atoms with Crippen molar-refractivity contribution < 1.29 is 0 Å². The van der Waals surface area contributed by atoms with E-state index in [0.717, 1.165) is 23.9 Å². The predicted molar refractivity (Wildman–Crippen MR) is 110 cm³/mol. The Bertz CT molecular complexity index is 598. The number of hydrogen-bond acceptors (Lipinski definition) is 3. The second kappa shape index (κ2) is 10.6. The lowest BCUT2D eigenvalue weighted by Gasteiger charge is -2.18. The minimum atomic E-state index is 0. The van der Waals surface area contributed by atoms with Crippen LogP contribution in [0, 0.1) is 6.92 Å². The van der Waals surface area contributed by atoms with Crippen molar-refractivity contribution in [3.63, 3.8) is 0 Å². The minimum Gasteiger partial charge on any atom is -0.356 e. The third-order valence-electron chi connectivity index (χ3n) is 3.58. The molecule has 2 rings (SSSR count). The van der Waals surface area contributed by atoms with Gasteiger partial charge in [-0.3, -0.25) is 4.99 Å². The largest absolute Gasteiger partial charge is 0.356 e. The average molecular weight is 444 g/mol. The lowest BCUT2D eigenvalue weighted by Crippen LogP contribution is -2.38. The molecule has 1 heterocycles. The molecule has 1 aromatic heterocycles. The maximum absolute atomic E-state index is 4.35. The number of hydrogen-bond donors (Lipinski definition) is 2. The Balaban J connectivity index is 0.00000264. The normalized spacial score (nSPS) is 12.4. The van der Waals surface area contributed by atoms with Crippen molar-refractivity contribution in [2.24, 2.45) is 4.99 Å². The lowest BCUT2D eigenvalue weighted by atomic mass is 9.97.